The Kier molecular flexibility index (Phi) is 5.13. The Morgan fingerprint density at radius 2 is 2.00 bits per heavy atom. The molecular formula is C11H12O3. The van der Waals surface area contributed by atoms with Gasteiger partial charge in [0.1, 0.15) is 6.29 Å². The summed E-state index contributed by atoms with van der Waals surface area (Å²) in [6.07, 6.45) is 3.22. The van der Waals surface area contributed by atoms with E-state index >= 15 is 0 Å². The summed E-state index contributed by atoms with van der Waals surface area (Å²) in [6, 6.07) is 9.80. The minimum atomic E-state index is 0.152. The third kappa shape index (κ3) is 4.42. The van der Waals surface area contributed by atoms with Crippen molar-refractivity contribution in [2.45, 2.75) is 6.61 Å². The van der Waals surface area contributed by atoms with Crippen LogP contribution in [0.3, 0.4) is 0 Å². The molecule has 1 aromatic rings. The lowest BCUT2D eigenvalue weighted by atomic mass is 10.2. The lowest BCUT2D eigenvalue weighted by Crippen LogP contribution is -1.96. The van der Waals surface area contributed by atoms with E-state index in [4.69, 9.17) is 9.47 Å². The standard InChI is InChI=1S/C11H12O3/c12-7-4-8-13-10-14-9-11-5-2-1-3-6-11/h1-8H,9-10H2/b8-4+. The van der Waals surface area contributed by atoms with E-state index in [1.54, 1.807) is 0 Å². The molecule has 0 aliphatic rings. The van der Waals surface area contributed by atoms with Crippen LogP contribution in [0.25, 0.3) is 0 Å². The highest BCUT2D eigenvalue weighted by Gasteiger charge is 1.89. The van der Waals surface area contributed by atoms with Crippen molar-refractivity contribution in [1.82, 2.24) is 0 Å². The fraction of sp³-hybridized carbons (Fsp3) is 0.182. The fourth-order valence-corrected chi connectivity index (χ4v) is 0.909. The Labute approximate surface area is 83.0 Å². The van der Waals surface area contributed by atoms with Crippen LogP contribution in [0.5, 0.6) is 0 Å². The maximum Gasteiger partial charge on any atom is 0.188 e. The summed E-state index contributed by atoms with van der Waals surface area (Å²) in [5.41, 5.74) is 1.09. The van der Waals surface area contributed by atoms with Gasteiger partial charge in [-0.05, 0) is 5.56 Å². The summed E-state index contributed by atoms with van der Waals surface area (Å²) in [6.45, 7) is 0.662. The van der Waals surface area contributed by atoms with Crippen molar-refractivity contribution >= 4 is 6.29 Å². The second-order valence-electron chi connectivity index (χ2n) is 2.58. The van der Waals surface area contributed by atoms with E-state index in [2.05, 4.69) is 0 Å². The number of carbonyl (C=O) groups excluding carboxylic acids is 1. The first-order chi connectivity index (χ1) is 6.93. The third-order valence-electron chi connectivity index (χ3n) is 1.52. The van der Waals surface area contributed by atoms with Gasteiger partial charge in [-0.2, -0.15) is 0 Å². The van der Waals surface area contributed by atoms with Gasteiger partial charge < -0.3 is 9.47 Å². The van der Waals surface area contributed by atoms with E-state index in [-0.39, 0.29) is 6.79 Å². The highest BCUT2D eigenvalue weighted by atomic mass is 16.7. The fourth-order valence-electron chi connectivity index (χ4n) is 0.909. The van der Waals surface area contributed by atoms with Crippen LogP contribution < -0.4 is 0 Å². The zero-order chi connectivity index (χ0) is 10.1. The van der Waals surface area contributed by atoms with Crippen molar-refractivity contribution in [3.8, 4) is 0 Å². The van der Waals surface area contributed by atoms with Crippen LogP contribution >= 0.6 is 0 Å². The Balaban J connectivity index is 2.10. The average Bonchev–Trinajstić information content (AvgIpc) is 2.25. The second kappa shape index (κ2) is 6.86. The number of rotatable bonds is 6. The largest absolute Gasteiger partial charge is 0.475 e. The topological polar surface area (TPSA) is 35.5 Å². The van der Waals surface area contributed by atoms with Crippen molar-refractivity contribution in [1.29, 1.82) is 0 Å². The summed E-state index contributed by atoms with van der Waals surface area (Å²) in [7, 11) is 0. The van der Waals surface area contributed by atoms with Crippen molar-refractivity contribution in [2.75, 3.05) is 6.79 Å². The van der Waals surface area contributed by atoms with Gasteiger partial charge in [-0.25, -0.2) is 0 Å². The number of hydrogen-bond donors (Lipinski definition) is 0. The van der Waals surface area contributed by atoms with E-state index in [0.717, 1.165) is 5.56 Å². The molecule has 74 valence electrons. The van der Waals surface area contributed by atoms with Crippen molar-refractivity contribution in [3.63, 3.8) is 0 Å². The van der Waals surface area contributed by atoms with Crippen molar-refractivity contribution in [3.05, 3.63) is 48.2 Å². The SMILES string of the molecule is O=C/C=C/OCOCc1ccccc1. The molecule has 0 atom stereocenters. The van der Waals surface area contributed by atoms with Gasteiger partial charge in [-0.3, -0.25) is 4.79 Å². The van der Waals surface area contributed by atoms with Crippen molar-refractivity contribution < 1.29 is 14.3 Å². The molecule has 3 nitrogen and oxygen atoms in total. The lowest BCUT2D eigenvalue weighted by molar-refractivity contribution is -0.104. The zero-order valence-electron chi connectivity index (χ0n) is 7.76. The molecule has 0 spiro atoms. The van der Waals surface area contributed by atoms with E-state index in [1.165, 1.54) is 12.3 Å². The van der Waals surface area contributed by atoms with E-state index in [1.807, 2.05) is 30.3 Å². The molecule has 0 N–H and O–H groups in total. The zero-order valence-corrected chi connectivity index (χ0v) is 7.76. The molecule has 3 heteroatoms. The summed E-state index contributed by atoms with van der Waals surface area (Å²) >= 11 is 0. The van der Waals surface area contributed by atoms with Gasteiger partial charge in [0.05, 0.1) is 12.9 Å². The predicted molar refractivity (Wildman–Crippen MR) is 52.4 cm³/mol. The Morgan fingerprint density at radius 3 is 2.71 bits per heavy atom. The molecule has 0 saturated carbocycles. The van der Waals surface area contributed by atoms with Gasteiger partial charge in [-0.15, -0.1) is 0 Å². The molecule has 0 heterocycles. The van der Waals surface area contributed by atoms with E-state index < -0.39 is 0 Å². The molecule has 0 unspecified atom stereocenters. The normalized spacial score (nSPS) is 10.3. The van der Waals surface area contributed by atoms with Crippen LogP contribution in [0.2, 0.25) is 0 Å². The first-order valence-electron chi connectivity index (χ1n) is 4.27. The summed E-state index contributed by atoms with van der Waals surface area (Å²) in [5.74, 6) is 0. The number of allylic oxidation sites excluding steroid dienone is 1. The minimum Gasteiger partial charge on any atom is -0.475 e. The molecule has 0 saturated heterocycles. The smallest absolute Gasteiger partial charge is 0.188 e. The molecule has 0 aliphatic carbocycles. The highest BCUT2D eigenvalue weighted by Crippen LogP contribution is 1.99. The van der Waals surface area contributed by atoms with E-state index in [0.29, 0.717) is 12.9 Å². The monoisotopic (exact) mass is 192 g/mol. The van der Waals surface area contributed by atoms with Crippen molar-refractivity contribution in [2.24, 2.45) is 0 Å². The first-order valence-corrected chi connectivity index (χ1v) is 4.27. The second-order valence-corrected chi connectivity index (χ2v) is 2.58. The molecule has 1 aromatic carbocycles. The van der Waals surface area contributed by atoms with Gasteiger partial charge in [0, 0.05) is 6.08 Å². The maximum atomic E-state index is 9.85. The molecular weight excluding hydrogens is 180 g/mol. The third-order valence-corrected chi connectivity index (χ3v) is 1.52. The van der Waals surface area contributed by atoms with Crippen LogP contribution in [-0.4, -0.2) is 13.1 Å². The first kappa shape index (κ1) is 10.5. The summed E-state index contributed by atoms with van der Waals surface area (Å²) in [5, 5.41) is 0. The van der Waals surface area contributed by atoms with Crippen LogP contribution in [-0.2, 0) is 20.9 Å². The molecule has 0 fully saturated rings. The lowest BCUT2D eigenvalue weighted by Gasteiger charge is -2.02. The van der Waals surface area contributed by atoms with Gasteiger partial charge in [0.15, 0.2) is 6.79 Å². The highest BCUT2D eigenvalue weighted by molar-refractivity contribution is 5.64. The summed E-state index contributed by atoms with van der Waals surface area (Å²) in [4.78, 5) is 9.85. The van der Waals surface area contributed by atoms with Gasteiger partial charge in [0.25, 0.3) is 0 Å². The number of ether oxygens (including phenoxy) is 2. The van der Waals surface area contributed by atoms with Crippen LogP contribution in [0.4, 0.5) is 0 Å². The molecule has 1 rings (SSSR count). The minimum absolute atomic E-state index is 0.152. The van der Waals surface area contributed by atoms with Gasteiger partial charge in [-0.1, -0.05) is 30.3 Å². The number of benzene rings is 1. The Morgan fingerprint density at radius 1 is 1.21 bits per heavy atom. The summed E-state index contributed by atoms with van der Waals surface area (Å²) < 4.78 is 10.0. The average molecular weight is 192 g/mol. The maximum absolute atomic E-state index is 9.85. The van der Waals surface area contributed by atoms with Gasteiger partial charge in [0.2, 0.25) is 0 Å². The molecule has 0 amide bonds. The molecule has 0 radical (unpaired) electrons. The Bertz CT molecular complexity index is 280. The molecule has 0 bridgehead atoms. The molecule has 0 aromatic heterocycles. The predicted octanol–water partition coefficient (Wildman–Crippen LogP) is 1.89. The van der Waals surface area contributed by atoms with Crippen LogP contribution in [0.15, 0.2) is 42.7 Å². The van der Waals surface area contributed by atoms with Gasteiger partial charge >= 0.3 is 0 Å². The van der Waals surface area contributed by atoms with Crippen LogP contribution in [0, 0.1) is 0 Å². The van der Waals surface area contributed by atoms with E-state index in [9.17, 15) is 4.79 Å². The molecule has 0 aliphatic heterocycles. The number of carbonyl (C=O) groups is 1. The number of aldehydes is 1. The number of hydrogen-bond acceptors (Lipinski definition) is 3. The quantitative estimate of drug-likeness (QED) is 0.227. The van der Waals surface area contributed by atoms with Crippen LogP contribution in [0.1, 0.15) is 5.56 Å². The Hall–Kier alpha value is -1.61. The molecule has 14 heavy (non-hydrogen) atoms.